The van der Waals surface area contributed by atoms with E-state index < -0.39 is 29.8 Å². The second-order valence-corrected chi connectivity index (χ2v) is 8.13. The number of amides is 1. The molecule has 0 aromatic heterocycles. The van der Waals surface area contributed by atoms with E-state index in [0.717, 1.165) is 13.0 Å². The molecule has 3 aliphatic rings. The number of alkyl halides is 2. The summed E-state index contributed by atoms with van der Waals surface area (Å²) in [5, 5.41) is 19.1. The van der Waals surface area contributed by atoms with E-state index in [1.54, 1.807) is 35.2 Å². The molecule has 1 saturated carbocycles. The minimum atomic E-state index is -2.84. The molecule has 1 aromatic rings. The third-order valence-electron chi connectivity index (χ3n) is 6.55. The number of benzene rings is 1. The number of halogens is 2. The van der Waals surface area contributed by atoms with Gasteiger partial charge in [0, 0.05) is 44.3 Å². The minimum absolute atomic E-state index is 0.0729. The zero-order chi connectivity index (χ0) is 19.2. The van der Waals surface area contributed by atoms with Gasteiger partial charge in [-0.3, -0.25) is 10.2 Å². The number of carbonyl (C=O) groups is 1. The summed E-state index contributed by atoms with van der Waals surface area (Å²) in [5.41, 5.74) is -1.54. The number of fused-ring (bicyclic) bond motifs is 1. The number of rotatable bonds is 4. The normalized spacial score (nSPS) is 31.6. The lowest BCUT2D eigenvalue weighted by atomic mass is 9.78. The van der Waals surface area contributed by atoms with Gasteiger partial charge in [0.15, 0.2) is 5.60 Å². The van der Waals surface area contributed by atoms with Crippen LogP contribution < -0.4 is 0 Å². The van der Waals surface area contributed by atoms with Crippen molar-refractivity contribution in [1.82, 2.24) is 9.80 Å². The second-order valence-electron chi connectivity index (χ2n) is 8.13. The van der Waals surface area contributed by atoms with Crippen molar-refractivity contribution < 1.29 is 18.7 Å². The van der Waals surface area contributed by atoms with Crippen LogP contribution >= 0.6 is 0 Å². The summed E-state index contributed by atoms with van der Waals surface area (Å²) in [5.74, 6) is -3.84. The number of hydrogen-bond donors (Lipinski definition) is 2. The molecule has 0 bridgehead atoms. The topological polar surface area (TPSA) is 67.6 Å². The fourth-order valence-electron chi connectivity index (χ4n) is 5.10. The van der Waals surface area contributed by atoms with Crippen molar-refractivity contribution in [2.75, 3.05) is 19.6 Å². The monoisotopic (exact) mass is 377 g/mol. The highest BCUT2D eigenvalue weighted by Gasteiger charge is 2.56. The first-order chi connectivity index (χ1) is 12.8. The van der Waals surface area contributed by atoms with Crippen LogP contribution in [0.15, 0.2) is 30.3 Å². The van der Waals surface area contributed by atoms with Crippen LogP contribution in [-0.2, 0) is 10.4 Å². The maximum absolute atomic E-state index is 13.9. The lowest BCUT2D eigenvalue weighted by Gasteiger charge is -2.38. The van der Waals surface area contributed by atoms with Crippen LogP contribution in [-0.4, -0.2) is 58.8 Å². The number of aliphatic hydroxyl groups is 1. The molecule has 4 atom stereocenters. The van der Waals surface area contributed by atoms with Gasteiger partial charge < -0.3 is 14.9 Å². The SMILES string of the molecule is N=CN1CC2CCN(C(=O)[C@](O)(c3ccccc3)[C@@H]3CCC(F)(F)C3)C2C1. The number of carbonyl (C=O) groups excluding carboxylic acids is 1. The predicted octanol–water partition coefficient (Wildman–Crippen LogP) is 2.45. The molecule has 3 fully saturated rings. The zero-order valence-corrected chi connectivity index (χ0v) is 15.2. The van der Waals surface area contributed by atoms with E-state index in [4.69, 9.17) is 5.41 Å². The summed E-state index contributed by atoms with van der Waals surface area (Å²) in [6, 6.07) is 8.46. The Labute approximate surface area is 157 Å². The Morgan fingerprint density at radius 1 is 1.26 bits per heavy atom. The Morgan fingerprint density at radius 3 is 2.63 bits per heavy atom. The van der Waals surface area contributed by atoms with Gasteiger partial charge in [0.25, 0.3) is 5.91 Å². The third kappa shape index (κ3) is 3.02. The first-order valence-electron chi connectivity index (χ1n) is 9.56. The lowest BCUT2D eigenvalue weighted by Crippen LogP contribution is -2.53. The largest absolute Gasteiger partial charge is 0.375 e. The Balaban J connectivity index is 1.67. The molecule has 1 aromatic carbocycles. The molecular weight excluding hydrogens is 352 g/mol. The van der Waals surface area contributed by atoms with E-state index in [-0.39, 0.29) is 24.8 Å². The Kier molecular flexibility index (Phi) is 4.45. The van der Waals surface area contributed by atoms with Crippen molar-refractivity contribution in [2.45, 2.75) is 43.2 Å². The first-order valence-corrected chi connectivity index (χ1v) is 9.56. The highest BCUT2D eigenvalue weighted by Crippen LogP contribution is 2.49. The van der Waals surface area contributed by atoms with E-state index in [1.165, 1.54) is 6.34 Å². The van der Waals surface area contributed by atoms with E-state index in [0.29, 0.717) is 18.7 Å². The Morgan fingerprint density at radius 2 is 2.00 bits per heavy atom. The molecule has 2 heterocycles. The zero-order valence-electron chi connectivity index (χ0n) is 15.2. The van der Waals surface area contributed by atoms with Crippen molar-refractivity contribution in [2.24, 2.45) is 11.8 Å². The molecule has 27 heavy (non-hydrogen) atoms. The molecule has 2 unspecified atom stereocenters. The summed E-state index contributed by atoms with van der Waals surface area (Å²) in [6.45, 7) is 1.81. The maximum atomic E-state index is 13.9. The molecule has 2 saturated heterocycles. The summed E-state index contributed by atoms with van der Waals surface area (Å²) < 4.78 is 27.9. The molecule has 5 nitrogen and oxygen atoms in total. The van der Waals surface area contributed by atoms with Crippen molar-refractivity contribution in [3.05, 3.63) is 35.9 Å². The van der Waals surface area contributed by atoms with Crippen LogP contribution in [0, 0.1) is 17.2 Å². The van der Waals surface area contributed by atoms with Gasteiger partial charge in [0.05, 0.1) is 12.4 Å². The fourth-order valence-corrected chi connectivity index (χ4v) is 5.10. The molecule has 0 spiro atoms. The van der Waals surface area contributed by atoms with Crippen LogP contribution in [0.4, 0.5) is 8.78 Å². The van der Waals surface area contributed by atoms with Gasteiger partial charge in [-0.2, -0.15) is 0 Å². The standard InChI is InChI=1S/C20H25F2N3O2/c21-19(22)8-6-16(10-19)20(27,15-4-2-1-3-5-15)18(26)25-9-7-14-11-24(13-23)12-17(14)25/h1-5,13-14,16-17,23,27H,6-12H2/t14?,16-,17?,20+/m1/s1. The maximum Gasteiger partial charge on any atom is 0.259 e. The fraction of sp³-hybridized carbons (Fsp3) is 0.600. The van der Waals surface area contributed by atoms with E-state index >= 15 is 0 Å². The molecule has 7 heteroatoms. The van der Waals surface area contributed by atoms with Crippen LogP contribution in [0.2, 0.25) is 0 Å². The third-order valence-corrected chi connectivity index (χ3v) is 6.55. The molecule has 146 valence electrons. The molecule has 4 rings (SSSR count). The van der Waals surface area contributed by atoms with Crippen LogP contribution in [0.5, 0.6) is 0 Å². The molecule has 1 aliphatic carbocycles. The smallest absolute Gasteiger partial charge is 0.259 e. The Hall–Kier alpha value is -2.02. The van der Waals surface area contributed by atoms with Crippen LogP contribution in [0.1, 0.15) is 31.2 Å². The minimum Gasteiger partial charge on any atom is -0.375 e. The highest BCUT2D eigenvalue weighted by molar-refractivity contribution is 5.87. The predicted molar refractivity (Wildman–Crippen MR) is 96.6 cm³/mol. The van der Waals surface area contributed by atoms with Gasteiger partial charge in [-0.15, -0.1) is 0 Å². The van der Waals surface area contributed by atoms with Gasteiger partial charge in [0.2, 0.25) is 5.92 Å². The summed E-state index contributed by atoms with van der Waals surface area (Å²) in [7, 11) is 0. The highest BCUT2D eigenvalue weighted by atomic mass is 19.3. The molecule has 2 N–H and O–H groups in total. The molecule has 1 amide bonds. The van der Waals surface area contributed by atoms with E-state index in [1.807, 2.05) is 4.90 Å². The molecular formula is C20H25F2N3O2. The number of nitrogens with zero attached hydrogens (tertiary/aromatic N) is 2. The van der Waals surface area contributed by atoms with Crippen LogP contribution in [0.25, 0.3) is 0 Å². The molecule has 0 radical (unpaired) electrons. The lowest BCUT2D eigenvalue weighted by molar-refractivity contribution is -0.161. The van der Waals surface area contributed by atoms with Gasteiger partial charge in [-0.05, 0) is 18.4 Å². The number of nitrogens with one attached hydrogen (secondary N) is 1. The van der Waals surface area contributed by atoms with Crippen molar-refractivity contribution >= 4 is 12.2 Å². The summed E-state index contributed by atoms with van der Waals surface area (Å²) in [6.07, 6.45) is 1.44. The van der Waals surface area contributed by atoms with Gasteiger partial charge in [0.1, 0.15) is 0 Å². The van der Waals surface area contributed by atoms with E-state index in [2.05, 4.69) is 0 Å². The second kappa shape index (κ2) is 6.55. The van der Waals surface area contributed by atoms with Crippen molar-refractivity contribution in [3.63, 3.8) is 0 Å². The average molecular weight is 377 g/mol. The summed E-state index contributed by atoms with van der Waals surface area (Å²) >= 11 is 0. The quantitative estimate of drug-likeness (QED) is 0.626. The van der Waals surface area contributed by atoms with Crippen molar-refractivity contribution in [1.29, 1.82) is 5.41 Å². The van der Waals surface area contributed by atoms with Crippen molar-refractivity contribution in [3.8, 4) is 0 Å². The van der Waals surface area contributed by atoms with Gasteiger partial charge >= 0.3 is 0 Å². The number of likely N-dealkylation sites (tertiary alicyclic amines) is 2. The molecule has 2 aliphatic heterocycles. The van der Waals surface area contributed by atoms with Crippen LogP contribution in [0.3, 0.4) is 0 Å². The van der Waals surface area contributed by atoms with E-state index in [9.17, 15) is 18.7 Å². The van der Waals surface area contributed by atoms with Gasteiger partial charge in [-0.25, -0.2) is 8.78 Å². The summed E-state index contributed by atoms with van der Waals surface area (Å²) in [4.78, 5) is 17.1. The van der Waals surface area contributed by atoms with Gasteiger partial charge in [-0.1, -0.05) is 30.3 Å². The first kappa shape index (κ1) is 18.3. The Bertz CT molecular complexity index is 729. The number of hydrogen-bond acceptors (Lipinski definition) is 3. The average Bonchev–Trinajstić information content (AvgIpc) is 3.34.